The van der Waals surface area contributed by atoms with Gasteiger partial charge in [0.2, 0.25) is 0 Å². The Labute approximate surface area is 123 Å². The Hall–Kier alpha value is -1.06. The fourth-order valence-electron chi connectivity index (χ4n) is 2.02. The van der Waals surface area contributed by atoms with Crippen LogP contribution in [0.25, 0.3) is 0 Å². The second kappa shape index (κ2) is 7.09. The molecule has 0 saturated heterocycles. The summed E-state index contributed by atoms with van der Waals surface area (Å²) in [5, 5.41) is 10.1. The van der Waals surface area contributed by atoms with Crippen molar-refractivity contribution in [1.82, 2.24) is 0 Å². The summed E-state index contributed by atoms with van der Waals surface area (Å²) in [6, 6.07) is 7.36. The van der Waals surface area contributed by atoms with Crippen LogP contribution in [0.1, 0.15) is 59.1 Å². The summed E-state index contributed by atoms with van der Waals surface area (Å²) in [6.07, 6.45) is 1.23. The van der Waals surface area contributed by atoms with Crippen LogP contribution in [-0.4, -0.2) is 16.8 Å². The van der Waals surface area contributed by atoms with Crippen LogP contribution >= 0.6 is 0 Å². The third kappa shape index (κ3) is 5.93. The molecule has 20 heavy (non-hydrogen) atoms. The third-order valence-corrected chi connectivity index (χ3v) is 3.14. The first kappa shape index (κ1) is 17.0. The lowest BCUT2D eigenvalue weighted by molar-refractivity contribution is 0.126. The molecule has 0 amide bonds. The van der Waals surface area contributed by atoms with E-state index in [1.54, 1.807) is 0 Å². The van der Waals surface area contributed by atoms with Gasteiger partial charge in [0.1, 0.15) is 11.4 Å². The van der Waals surface area contributed by atoms with Gasteiger partial charge in [0.15, 0.2) is 0 Å². The topological polar surface area (TPSA) is 55.5 Å². The maximum absolute atomic E-state index is 10.1. The molecule has 3 heteroatoms. The van der Waals surface area contributed by atoms with Crippen molar-refractivity contribution in [2.45, 2.75) is 65.2 Å². The molecule has 0 saturated carbocycles. The number of aliphatic hydroxyl groups is 1. The Morgan fingerprint density at radius 2 is 1.65 bits per heavy atom. The minimum Gasteiger partial charge on any atom is -0.488 e. The molecule has 0 fully saturated rings. The van der Waals surface area contributed by atoms with Crippen LogP contribution in [0.3, 0.4) is 0 Å². The van der Waals surface area contributed by atoms with Gasteiger partial charge < -0.3 is 15.6 Å². The summed E-state index contributed by atoms with van der Waals surface area (Å²) < 4.78 is 5.77. The normalized spacial score (nSPS) is 15.2. The van der Waals surface area contributed by atoms with Crippen LogP contribution in [0.15, 0.2) is 24.3 Å². The van der Waals surface area contributed by atoms with E-state index < -0.39 is 6.10 Å². The molecule has 0 bridgehead atoms. The van der Waals surface area contributed by atoms with Crippen LogP contribution in [0.5, 0.6) is 5.75 Å². The van der Waals surface area contributed by atoms with E-state index in [1.165, 1.54) is 0 Å². The van der Waals surface area contributed by atoms with Gasteiger partial charge in [0, 0.05) is 0 Å². The van der Waals surface area contributed by atoms with Crippen LogP contribution in [-0.2, 0) is 0 Å². The Kier molecular flexibility index (Phi) is 6.03. The molecule has 0 aliphatic carbocycles. The molecule has 1 rings (SSSR count). The van der Waals surface area contributed by atoms with Crippen LogP contribution in [0.2, 0.25) is 0 Å². The van der Waals surface area contributed by atoms with Gasteiger partial charge in [-0.3, -0.25) is 0 Å². The Balaban J connectivity index is 2.63. The van der Waals surface area contributed by atoms with E-state index in [1.807, 2.05) is 45.0 Å². The molecule has 0 aliphatic heterocycles. The quantitative estimate of drug-likeness (QED) is 0.835. The van der Waals surface area contributed by atoms with Crippen molar-refractivity contribution in [3.05, 3.63) is 29.8 Å². The summed E-state index contributed by atoms with van der Waals surface area (Å²) >= 11 is 0. The molecule has 0 spiro atoms. The second-order valence-electron chi connectivity index (χ2n) is 6.85. The number of ether oxygens (including phenoxy) is 1. The number of benzene rings is 1. The molecule has 0 unspecified atom stereocenters. The van der Waals surface area contributed by atoms with Crippen molar-refractivity contribution >= 4 is 0 Å². The van der Waals surface area contributed by atoms with Crippen molar-refractivity contribution in [3.8, 4) is 5.75 Å². The molecule has 114 valence electrons. The van der Waals surface area contributed by atoms with Gasteiger partial charge in [-0.15, -0.1) is 0 Å². The monoisotopic (exact) mass is 279 g/mol. The number of aliphatic hydroxyl groups excluding tert-OH is 1. The molecular formula is C17H29NO2. The highest BCUT2D eigenvalue weighted by Crippen LogP contribution is 2.23. The van der Waals surface area contributed by atoms with Gasteiger partial charge in [0.25, 0.3) is 0 Å². The minimum atomic E-state index is -0.494. The third-order valence-electron chi connectivity index (χ3n) is 3.14. The average Bonchev–Trinajstić information content (AvgIpc) is 2.34. The summed E-state index contributed by atoms with van der Waals surface area (Å²) in [5.74, 6) is 1.41. The lowest BCUT2D eigenvalue weighted by Gasteiger charge is -2.23. The van der Waals surface area contributed by atoms with E-state index in [-0.39, 0.29) is 11.6 Å². The largest absolute Gasteiger partial charge is 0.488 e. The SMILES string of the molecule is CC(C)CC[C@@H](O)[C@@H](N)c1ccc(OC(C)(C)C)cc1. The maximum atomic E-state index is 10.1. The summed E-state index contributed by atoms with van der Waals surface area (Å²) in [6.45, 7) is 10.3. The summed E-state index contributed by atoms with van der Waals surface area (Å²) in [7, 11) is 0. The number of rotatable bonds is 6. The molecular weight excluding hydrogens is 250 g/mol. The maximum Gasteiger partial charge on any atom is 0.120 e. The van der Waals surface area contributed by atoms with Gasteiger partial charge in [0.05, 0.1) is 12.1 Å². The van der Waals surface area contributed by atoms with E-state index in [9.17, 15) is 5.11 Å². The molecule has 3 N–H and O–H groups in total. The van der Waals surface area contributed by atoms with E-state index >= 15 is 0 Å². The summed E-state index contributed by atoms with van der Waals surface area (Å²) in [5.41, 5.74) is 6.85. The van der Waals surface area contributed by atoms with E-state index in [0.29, 0.717) is 5.92 Å². The molecule has 3 nitrogen and oxygen atoms in total. The first-order valence-electron chi connectivity index (χ1n) is 7.41. The fourth-order valence-corrected chi connectivity index (χ4v) is 2.02. The van der Waals surface area contributed by atoms with Gasteiger partial charge in [-0.25, -0.2) is 0 Å². The standard InChI is InChI=1S/C17H29NO2/c1-12(2)6-11-15(19)16(18)13-7-9-14(10-8-13)20-17(3,4)5/h7-10,12,15-16,19H,6,11,18H2,1-5H3/t15-,16+/m1/s1. The number of hydrogen-bond acceptors (Lipinski definition) is 3. The first-order chi connectivity index (χ1) is 9.19. The minimum absolute atomic E-state index is 0.208. The zero-order chi connectivity index (χ0) is 15.3. The molecule has 2 atom stereocenters. The molecule has 0 radical (unpaired) electrons. The second-order valence-corrected chi connectivity index (χ2v) is 6.85. The highest BCUT2D eigenvalue weighted by molar-refractivity contribution is 5.30. The van der Waals surface area contributed by atoms with E-state index in [4.69, 9.17) is 10.5 Å². The van der Waals surface area contributed by atoms with Crippen molar-refractivity contribution in [2.75, 3.05) is 0 Å². The lowest BCUT2D eigenvalue weighted by atomic mass is 9.96. The Morgan fingerprint density at radius 3 is 2.10 bits per heavy atom. The highest BCUT2D eigenvalue weighted by atomic mass is 16.5. The van der Waals surface area contributed by atoms with Gasteiger partial charge in [-0.2, -0.15) is 0 Å². The predicted molar refractivity (Wildman–Crippen MR) is 83.8 cm³/mol. The first-order valence-corrected chi connectivity index (χ1v) is 7.41. The van der Waals surface area contributed by atoms with Crippen molar-refractivity contribution in [1.29, 1.82) is 0 Å². The van der Waals surface area contributed by atoms with Gasteiger partial charge >= 0.3 is 0 Å². The molecule has 1 aromatic carbocycles. The summed E-state index contributed by atoms with van der Waals surface area (Å²) in [4.78, 5) is 0. The molecule has 1 aromatic rings. The lowest BCUT2D eigenvalue weighted by Crippen LogP contribution is -2.26. The van der Waals surface area contributed by atoms with Crippen molar-refractivity contribution in [3.63, 3.8) is 0 Å². The predicted octanol–water partition coefficient (Wildman–Crippen LogP) is 3.66. The van der Waals surface area contributed by atoms with Crippen LogP contribution < -0.4 is 10.5 Å². The zero-order valence-electron chi connectivity index (χ0n) is 13.4. The van der Waals surface area contributed by atoms with Crippen molar-refractivity contribution < 1.29 is 9.84 Å². The Morgan fingerprint density at radius 1 is 1.10 bits per heavy atom. The Bertz CT molecular complexity index is 392. The van der Waals surface area contributed by atoms with E-state index in [0.717, 1.165) is 24.2 Å². The van der Waals surface area contributed by atoms with Gasteiger partial charge in [-0.1, -0.05) is 26.0 Å². The van der Waals surface area contributed by atoms with Crippen LogP contribution in [0.4, 0.5) is 0 Å². The smallest absolute Gasteiger partial charge is 0.120 e. The number of nitrogens with two attached hydrogens (primary N) is 1. The molecule has 0 aliphatic rings. The molecule has 0 heterocycles. The average molecular weight is 279 g/mol. The van der Waals surface area contributed by atoms with Crippen molar-refractivity contribution in [2.24, 2.45) is 11.7 Å². The fraction of sp³-hybridized carbons (Fsp3) is 0.647. The number of hydrogen-bond donors (Lipinski definition) is 2. The zero-order valence-corrected chi connectivity index (χ0v) is 13.4. The van der Waals surface area contributed by atoms with Gasteiger partial charge in [-0.05, 0) is 57.2 Å². The van der Waals surface area contributed by atoms with E-state index in [2.05, 4.69) is 13.8 Å². The molecule has 0 aromatic heterocycles. The van der Waals surface area contributed by atoms with Crippen LogP contribution in [0, 0.1) is 5.92 Å². The highest BCUT2D eigenvalue weighted by Gasteiger charge is 2.18.